The highest BCUT2D eigenvalue weighted by atomic mass is 35.5. The van der Waals surface area contributed by atoms with Crippen molar-refractivity contribution in [1.29, 1.82) is 0 Å². The van der Waals surface area contributed by atoms with Crippen LogP contribution in [0.2, 0.25) is 0 Å². The largest absolute Gasteiger partial charge is 0.274 e. The number of hydrogen-bond donors (Lipinski definition) is 0. The molecule has 2 nitrogen and oxygen atoms in total. The number of nitrogens with zero attached hydrogens (tertiary/aromatic N) is 1. The summed E-state index contributed by atoms with van der Waals surface area (Å²) >= 11 is 5.39. The molecule has 2 rings (SSSR count). The Hall–Kier alpha value is -1.41. The average molecular weight is 206 g/mol. The van der Waals surface area contributed by atoms with Crippen LogP contribution in [0.25, 0.3) is 6.08 Å². The molecule has 0 unspecified atom stereocenters. The highest BCUT2D eigenvalue weighted by Crippen LogP contribution is 2.15. The van der Waals surface area contributed by atoms with Gasteiger partial charge in [0.25, 0.3) is 5.24 Å². The predicted octanol–water partition coefficient (Wildman–Crippen LogP) is 2.42. The summed E-state index contributed by atoms with van der Waals surface area (Å²) in [4.78, 5) is 15.0. The number of halogens is 1. The molecule has 1 aromatic rings. The topological polar surface area (TPSA) is 29.4 Å². The molecule has 0 saturated carbocycles. The number of hydrogen-bond acceptors (Lipinski definition) is 2. The molecule has 14 heavy (non-hydrogen) atoms. The van der Waals surface area contributed by atoms with Crippen molar-refractivity contribution < 1.29 is 4.79 Å². The highest BCUT2D eigenvalue weighted by molar-refractivity contribution is 6.82. The maximum Gasteiger partial charge on any atom is 0.266 e. The van der Waals surface area contributed by atoms with E-state index in [-0.39, 0.29) is 0 Å². The quantitative estimate of drug-likeness (QED) is 0.648. The van der Waals surface area contributed by atoms with E-state index >= 15 is 0 Å². The summed E-state index contributed by atoms with van der Waals surface area (Å²) in [6.45, 7) is 0. The van der Waals surface area contributed by atoms with E-state index < -0.39 is 5.24 Å². The van der Waals surface area contributed by atoms with Crippen LogP contribution in [0.15, 0.2) is 35.5 Å². The summed E-state index contributed by atoms with van der Waals surface area (Å²) in [5.74, 6) is 0. The monoisotopic (exact) mass is 205 g/mol. The number of rotatable bonds is 1. The van der Waals surface area contributed by atoms with Gasteiger partial charge < -0.3 is 0 Å². The van der Waals surface area contributed by atoms with Gasteiger partial charge in [0.1, 0.15) is 5.71 Å². The molecule has 0 spiro atoms. The van der Waals surface area contributed by atoms with Crippen LogP contribution < -0.4 is 0 Å². The number of benzene rings is 1. The van der Waals surface area contributed by atoms with Crippen LogP contribution in [0.1, 0.15) is 11.1 Å². The zero-order chi connectivity index (χ0) is 9.97. The molecule has 0 atom stereocenters. The van der Waals surface area contributed by atoms with Crippen molar-refractivity contribution >= 4 is 28.6 Å². The Morgan fingerprint density at radius 3 is 2.93 bits per heavy atom. The van der Waals surface area contributed by atoms with Gasteiger partial charge in [-0.2, -0.15) is 0 Å². The van der Waals surface area contributed by atoms with Crippen LogP contribution in [0, 0.1) is 0 Å². The van der Waals surface area contributed by atoms with E-state index in [9.17, 15) is 4.79 Å². The molecule has 3 heteroatoms. The minimum Gasteiger partial charge on any atom is -0.274 e. The number of fused-ring (bicyclic) bond motifs is 1. The lowest BCUT2D eigenvalue weighted by Crippen LogP contribution is -2.10. The Morgan fingerprint density at radius 2 is 2.14 bits per heavy atom. The van der Waals surface area contributed by atoms with Gasteiger partial charge >= 0.3 is 0 Å². The van der Waals surface area contributed by atoms with E-state index in [0.29, 0.717) is 12.1 Å². The Bertz CT molecular complexity index is 435. The van der Waals surface area contributed by atoms with E-state index in [1.54, 1.807) is 6.20 Å². The lowest BCUT2D eigenvalue weighted by molar-refractivity contribution is -0.106. The zero-order valence-electron chi connectivity index (χ0n) is 7.40. The molecular formula is C11H8ClNO. The molecule has 1 aliphatic heterocycles. The molecule has 1 heterocycles. The van der Waals surface area contributed by atoms with Crippen molar-refractivity contribution in [3.05, 3.63) is 41.6 Å². The predicted molar refractivity (Wildman–Crippen MR) is 57.5 cm³/mol. The second-order valence-corrected chi connectivity index (χ2v) is 3.38. The smallest absolute Gasteiger partial charge is 0.266 e. The molecule has 1 aliphatic rings. The molecule has 0 bridgehead atoms. The van der Waals surface area contributed by atoms with Gasteiger partial charge in [0.15, 0.2) is 0 Å². The minimum atomic E-state index is -0.480. The van der Waals surface area contributed by atoms with Crippen LogP contribution >= 0.6 is 11.6 Å². The molecule has 0 N–H and O–H groups in total. The number of carbonyl (C=O) groups is 1. The van der Waals surface area contributed by atoms with Crippen molar-refractivity contribution in [1.82, 2.24) is 0 Å². The number of carbonyl (C=O) groups excluding carboxylic acids is 1. The molecule has 0 fully saturated rings. The average Bonchev–Trinajstić information content (AvgIpc) is 2.39. The van der Waals surface area contributed by atoms with E-state index in [1.807, 2.05) is 30.3 Å². The first-order valence-electron chi connectivity index (χ1n) is 4.28. The lowest BCUT2D eigenvalue weighted by atomic mass is 10.0. The van der Waals surface area contributed by atoms with Gasteiger partial charge in [-0.3, -0.25) is 9.79 Å². The van der Waals surface area contributed by atoms with Gasteiger partial charge in [0.2, 0.25) is 0 Å². The van der Waals surface area contributed by atoms with Crippen molar-refractivity contribution in [3.63, 3.8) is 0 Å². The van der Waals surface area contributed by atoms with Crippen molar-refractivity contribution in [2.75, 3.05) is 0 Å². The van der Waals surface area contributed by atoms with E-state index in [2.05, 4.69) is 4.99 Å². The van der Waals surface area contributed by atoms with E-state index in [4.69, 9.17) is 11.6 Å². The fourth-order valence-corrected chi connectivity index (χ4v) is 1.53. The summed E-state index contributed by atoms with van der Waals surface area (Å²) in [5, 5.41) is -0.480. The van der Waals surface area contributed by atoms with Crippen LogP contribution in [-0.4, -0.2) is 11.0 Å². The Kier molecular flexibility index (Phi) is 2.46. The third-order valence-corrected chi connectivity index (χ3v) is 2.34. The van der Waals surface area contributed by atoms with Crippen LogP contribution in [0.3, 0.4) is 0 Å². The summed E-state index contributed by atoms with van der Waals surface area (Å²) in [6.07, 6.45) is 4.00. The van der Waals surface area contributed by atoms with E-state index in [0.717, 1.165) is 11.1 Å². The molecule has 0 aromatic heterocycles. The molecule has 0 radical (unpaired) electrons. The van der Waals surface area contributed by atoms with Crippen molar-refractivity contribution in [2.24, 2.45) is 4.99 Å². The third kappa shape index (κ3) is 1.75. The number of aliphatic imine (C=N–C) groups is 1. The van der Waals surface area contributed by atoms with Gasteiger partial charge in [-0.25, -0.2) is 0 Å². The molecule has 0 saturated heterocycles. The first-order chi connectivity index (χ1) is 6.77. The fourth-order valence-electron chi connectivity index (χ4n) is 1.41. The first kappa shape index (κ1) is 9.16. The second kappa shape index (κ2) is 3.76. The Morgan fingerprint density at radius 1 is 1.36 bits per heavy atom. The lowest BCUT2D eigenvalue weighted by Gasteiger charge is -2.02. The SMILES string of the molecule is O=C(Cl)C1=NC=Cc2ccccc2C1. The summed E-state index contributed by atoms with van der Waals surface area (Å²) in [5.41, 5.74) is 2.56. The molecule has 0 aliphatic carbocycles. The fraction of sp³-hybridized carbons (Fsp3) is 0.0909. The van der Waals surface area contributed by atoms with Crippen molar-refractivity contribution in [2.45, 2.75) is 6.42 Å². The first-order valence-corrected chi connectivity index (χ1v) is 4.66. The summed E-state index contributed by atoms with van der Waals surface area (Å²) in [6, 6.07) is 7.86. The molecule has 1 aromatic carbocycles. The van der Waals surface area contributed by atoms with Crippen LogP contribution in [0.4, 0.5) is 0 Å². The van der Waals surface area contributed by atoms with Gasteiger partial charge in [-0.1, -0.05) is 24.3 Å². The van der Waals surface area contributed by atoms with Gasteiger partial charge in [0.05, 0.1) is 0 Å². The maximum absolute atomic E-state index is 11.0. The normalized spacial score (nSPS) is 14.2. The van der Waals surface area contributed by atoms with Gasteiger partial charge in [-0.15, -0.1) is 0 Å². The van der Waals surface area contributed by atoms with Crippen molar-refractivity contribution in [3.8, 4) is 0 Å². The maximum atomic E-state index is 11.0. The molecule has 70 valence electrons. The Labute approximate surface area is 86.9 Å². The van der Waals surface area contributed by atoms with Gasteiger partial charge in [0, 0.05) is 12.6 Å². The van der Waals surface area contributed by atoms with E-state index in [1.165, 1.54) is 0 Å². The van der Waals surface area contributed by atoms with Gasteiger partial charge in [-0.05, 0) is 28.8 Å². The molecular weight excluding hydrogens is 198 g/mol. The minimum absolute atomic E-state index is 0.396. The third-order valence-electron chi connectivity index (χ3n) is 2.12. The zero-order valence-corrected chi connectivity index (χ0v) is 8.16. The summed E-state index contributed by atoms with van der Waals surface area (Å²) in [7, 11) is 0. The van der Waals surface area contributed by atoms with Crippen LogP contribution in [-0.2, 0) is 11.2 Å². The Balaban J connectivity index is 2.42. The van der Waals surface area contributed by atoms with Crippen LogP contribution in [0.5, 0.6) is 0 Å². The highest BCUT2D eigenvalue weighted by Gasteiger charge is 2.12. The molecule has 0 amide bonds. The second-order valence-electron chi connectivity index (χ2n) is 3.04. The standard InChI is InChI=1S/C11H8ClNO/c12-11(14)10-7-9-4-2-1-3-8(9)5-6-13-10/h1-6H,7H2. The summed E-state index contributed by atoms with van der Waals surface area (Å²) < 4.78 is 0.